The highest BCUT2D eigenvalue weighted by Crippen LogP contribution is 2.31. The highest BCUT2D eigenvalue weighted by molar-refractivity contribution is 5.84. The Hall–Kier alpha value is -2.55. The number of benzene rings is 2. The molecule has 2 aromatic carbocycles. The number of aromatic hydroxyl groups is 1. The molecular weight excluding hydrogens is 276 g/mol. The van der Waals surface area contributed by atoms with Gasteiger partial charge in [-0.15, -0.1) is 0 Å². The van der Waals surface area contributed by atoms with Gasteiger partial charge >= 0.3 is 5.97 Å². The fourth-order valence-electron chi connectivity index (χ4n) is 1.90. The Morgan fingerprint density at radius 3 is 1.77 bits per heavy atom. The Morgan fingerprint density at radius 2 is 1.36 bits per heavy atom. The standard InChI is InChI=1S/C15H16O.C4H6O2/c1-15(2,12-6-4-3-5-7-12)13-8-10-14(16)11-9-13;1-3(2)4(5)6/h3-11,16H,1-2H3;1H2,2H3,(H,5,6). The van der Waals surface area contributed by atoms with E-state index in [1.165, 1.54) is 18.1 Å². The van der Waals surface area contributed by atoms with Gasteiger partial charge in [-0.25, -0.2) is 4.79 Å². The van der Waals surface area contributed by atoms with Crippen molar-refractivity contribution >= 4 is 5.97 Å². The summed E-state index contributed by atoms with van der Waals surface area (Å²) in [6, 6.07) is 17.8. The summed E-state index contributed by atoms with van der Waals surface area (Å²) in [6.07, 6.45) is 0. The van der Waals surface area contributed by atoms with Crippen molar-refractivity contribution < 1.29 is 15.0 Å². The highest BCUT2D eigenvalue weighted by atomic mass is 16.4. The number of carbonyl (C=O) groups is 1. The van der Waals surface area contributed by atoms with E-state index in [1.54, 1.807) is 12.1 Å². The van der Waals surface area contributed by atoms with Crippen LogP contribution in [0.5, 0.6) is 5.75 Å². The maximum absolute atomic E-state index is 9.60. The smallest absolute Gasteiger partial charge is 0.330 e. The molecule has 0 saturated carbocycles. The Bertz CT molecular complexity index is 613. The molecule has 0 aliphatic heterocycles. The molecule has 2 rings (SSSR count). The molecule has 22 heavy (non-hydrogen) atoms. The normalized spacial score (nSPS) is 10.3. The van der Waals surface area contributed by atoms with Gasteiger partial charge in [-0.05, 0) is 30.2 Å². The van der Waals surface area contributed by atoms with Crippen LogP contribution < -0.4 is 0 Å². The first-order valence-corrected chi connectivity index (χ1v) is 6.99. The van der Waals surface area contributed by atoms with Crippen molar-refractivity contribution in [3.8, 4) is 5.75 Å². The van der Waals surface area contributed by atoms with Gasteiger partial charge in [0.1, 0.15) is 5.75 Å². The molecule has 3 nitrogen and oxygen atoms in total. The zero-order valence-corrected chi connectivity index (χ0v) is 13.2. The average Bonchev–Trinajstić information content (AvgIpc) is 2.49. The van der Waals surface area contributed by atoms with Crippen LogP contribution in [0.1, 0.15) is 31.9 Å². The van der Waals surface area contributed by atoms with Crippen LogP contribution in [-0.4, -0.2) is 16.2 Å². The molecule has 0 bridgehead atoms. The number of phenolic OH excluding ortho intramolecular Hbond substituents is 1. The largest absolute Gasteiger partial charge is 0.508 e. The minimum Gasteiger partial charge on any atom is -0.508 e. The molecule has 0 amide bonds. The van der Waals surface area contributed by atoms with Crippen LogP contribution in [0.4, 0.5) is 0 Å². The molecule has 0 spiro atoms. The van der Waals surface area contributed by atoms with Crippen molar-refractivity contribution in [2.75, 3.05) is 0 Å². The molecular formula is C19H22O3. The Kier molecular flexibility index (Phi) is 5.93. The van der Waals surface area contributed by atoms with Crippen molar-refractivity contribution in [2.24, 2.45) is 0 Å². The second-order valence-corrected chi connectivity index (χ2v) is 5.62. The van der Waals surface area contributed by atoms with Crippen LogP contribution in [-0.2, 0) is 10.2 Å². The van der Waals surface area contributed by atoms with Crippen molar-refractivity contribution in [3.63, 3.8) is 0 Å². The predicted molar refractivity (Wildman–Crippen MR) is 89.1 cm³/mol. The molecule has 0 saturated heterocycles. The molecule has 0 heterocycles. The summed E-state index contributed by atoms with van der Waals surface area (Å²) in [7, 11) is 0. The van der Waals surface area contributed by atoms with E-state index in [1.807, 2.05) is 18.2 Å². The van der Waals surface area contributed by atoms with E-state index >= 15 is 0 Å². The lowest BCUT2D eigenvalue weighted by Crippen LogP contribution is -2.18. The quantitative estimate of drug-likeness (QED) is 0.827. The summed E-state index contributed by atoms with van der Waals surface area (Å²) in [4.78, 5) is 9.60. The first-order chi connectivity index (χ1) is 10.2. The predicted octanol–water partition coefficient (Wildman–Crippen LogP) is 4.37. The van der Waals surface area contributed by atoms with E-state index in [0.29, 0.717) is 5.75 Å². The fourth-order valence-corrected chi connectivity index (χ4v) is 1.90. The van der Waals surface area contributed by atoms with E-state index in [4.69, 9.17) is 5.11 Å². The first-order valence-electron chi connectivity index (χ1n) is 6.99. The Balaban J connectivity index is 0.000000346. The van der Waals surface area contributed by atoms with E-state index in [-0.39, 0.29) is 11.0 Å². The topological polar surface area (TPSA) is 57.5 Å². The lowest BCUT2D eigenvalue weighted by Gasteiger charge is -2.26. The molecule has 0 aliphatic carbocycles. The van der Waals surface area contributed by atoms with Gasteiger partial charge in [0, 0.05) is 11.0 Å². The number of carboxylic acids is 1. The van der Waals surface area contributed by atoms with Gasteiger partial charge in [-0.3, -0.25) is 0 Å². The van der Waals surface area contributed by atoms with E-state index in [9.17, 15) is 9.90 Å². The van der Waals surface area contributed by atoms with Gasteiger partial charge in [0.25, 0.3) is 0 Å². The average molecular weight is 298 g/mol. The minimum atomic E-state index is -0.935. The van der Waals surface area contributed by atoms with Crippen LogP contribution in [0.3, 0.4) is 0 Å². The molecule has 0 aliphatic rings. The molecule has 0 radical (unpaired) electrons. The van der Waals surface area contributed by atoms with Gasteiger partial charge in [0.2, 0.25) is 0 Å². The molecule has 0 atom stereocenters. The van der Waals surface area contributed by atoms with E-state index < -0.39 is 5.97 Å². The van der Waals surface area contributed by atoms with Crippen LogP contribution >= 0.6 is 0 Å². The lowest BCUT2D eigenvalue weighted by molar-refractivity contribution is -0.132. The summed E-state index contributed by atoms with van der Waals surface area (Å²) in [5, 5.41) is 17.2. The van der Waals surface area contributed by atoms with Crippen LogP contribution in [0.2, 0.25) is 0 Å². The molecule has 0 fully saturated rings. The van der Waals surface area contributed by atoms with Gasteiger partial charge in [0.05, 0.1) is 0 Å². The van der Waals surface area contributed by atoms with Gasteiger partial charge < -0.3 is 10.2 Å². The maximum atomic E-state index is 9.60. The van der Waals surface area contributed by atoms with E-state index in [0.717, 1.165) is 0 Å². The lowest BCUT2D eigenvalue weighted by atomic mass is 9.78. The van der Waals surface area contributed by atoms with Crippen molar-refractivity contribution in [1.82, 2.24) is 0 Å². The number of hydrogen-bond donors (Lipinski definition) is 2. The molecule has 0 unspecified atom stereocenters. The summed E-state index contributed by atoms with van der Waals surface area (Å²) < 4.78 is 0. The SMILES string of the molecule is C=C(C)C(=O)O.CC(C)(c1ccccc1)c1ccc(O)cc1. The second-order valence-electron chi connectivity index (χ2n) is 5.62. The Labute approximate surface area is 131 Å². The number of carboxylic acid groups (broad SMARTS) is 1. The van der Waals surface area contributed by atoms with Crippen LogP contribution in [0.25, 0.3) is 0 Å². The molecule has 3 heteroatoms. The third kappa shape index (κ3) is 4.77. The van der Waals surface area contributed by atoms with Gasteiger partial charge in [0.15, 0.2) is 0 Å². The first kappa shape index (κ1) is 17.5. The summed E-state index contributed by atoms with van der Waals surface area (Å²) in [5.41, 5.74) is 2.63. The van der Waals surface area contributed by atoms with Gasteiger partial charge in [-0.1, -0.05) is 62.9 Å². The molecule has 0 aromatic heterocycles. The zero-order valence-electron chi connectivity index (χ0n) is 13.2. The fraction of sp³-hybridized carbons (Fsp3) is 0.211. The number of aliphatic carboxylic acids is 1. The van der Waals surface area contributed by atoms with Gasteiger partial charge in [-0.2, -0.15) is 0 Å². The Morgan fingerprint density at radius 1 is 0.955 bits per heavy atom. The number of phenols is 1. The maximum Gasteiger partial charge on any atom is 0.330 e. The molecule has 2 aromatic rings. The van der Waals surface area contributed by atoms with Crippen molar-refractivity contribution in [3.05, 3.63) is 77.9 Å². The highest BCUT2D eigenvalue weighted by Gasteiger charge is 2.22. The summed E-state index contributed by atoms with van der Waals surface area (Å²) in [6.45, 7) is 8.98. The summed E-state index contributed by atoms with van der Waals surface area (Å²) >= 11 is 0. The zero-order chi connectivity index (χ0) is 16.8. The van der Waals surface area contributed by atoms with Crippen molar-refractivity contribution in [2.45, 2.75) is 26.2 Å². The molecule has 116 valence electrons. The monoisotopic (exact) mass is 298 g/mol. The van der Waals surface area contributed by atoms with Crippen LogP contribution in [0, 0.1) is 0 Å². The van der Waals surface area contributed by atoms with E-state index in [2.05, 4.69) is 44.7 Å². The second kappa shape index (κ2) is 7.46. The number of hydrogen-bond acceptors (Lipinski definition) is 2. The minimum absolute atomic E-state index is 0.0328. The van der Waals surface area contributed by atoms with Crippen molar-refractivity contribution in [1.29, 1.82) is 0 Å². The third-order valence-electron chi connectivity index (χ3n) is 3.45. The van der Waals surface area contributed by atoms with Crippen LogP contribution in [0.15, 0.2) is 66.7 Å². The molecule has 2 N–H and O–H groups in total. The third-order valence-corrected chi connectivity index (χ3v) is 3.45. The summed E-state index contributed by atoms with van der Waals surface area (Å²) in [5.74, 6) is -0.623. The number of rotatable bonds is 3.